The Kier molecular flexibility index (Phi) is 3.91. The van der Waals surface area contributed by atoms with Gasteiger partial charge in [0.25, 0.3) is 0 Å². The summed E-state index contributed by atoms with van der Waals surface area (Å²) in [5, 5.41) is 8.93. The number of fused-ring (bicyclic) bond motifs is 1. The number of hydrogen-bond donors (Lipinski definition) is 0. The van der Waals surface area contributed by atoms with Crippen LogP contribution in [0.4, 0.5) is 4.39 Å². The predicted molar refractivity (Wildman–Crippen MR) is 89.9 cm³/mol. The highest BCUT2D eigenvalue weighted by Crippen LogP contribution is 2.50. The number of nitrogens with zero attached hydrogens (tertiary/aromatic N) is 2. The third kappa shape index (κ3) is 2.45. The van der Waals surface area contributed by atoms with Crippen molar-refractivity contribution in [1.82, 2.24) is 0 Å². The van der Waals surface area contributed by atoms with E-state index in [0.717, 1.165) is 54.5 Å². The number of hydrogen-bond acceptors (Lipinski definition) is 3. The highest BCUT2D eigenvalue weighted by molar-refractivity contribution is 5.98. The molecule has 0 N–H and O–H groups in total. The van der Waals surface area contributed by atoms with Crippen molar-refractivity contribution in [2.24, 2.45) is 16.1 Å². The Morgan fingerprint density at radius 2 is 1.88 bits per heavy atom. The molecule has 3 aliphatic rings. The van der Waals surface area contributed by atoms with Crippen LogP contribution in [0.15, 0.2) is 56.9 Å². The van der Waals surface area contributed by atoms with Crippen LogP contribution in [0.1, 0.15) is 57.1 Å². The highest BCUT2D eigenvalue weighted by Gasteiger charge is 2.38. The maximum absolute atomic E-state index is 13.3. The van der Waals surface area contributed by atoms with Gasteiger partial charge in [0.15, 0.2) is 5.78 Å². The molecule has 0 spiro atoms. The summed E-state index contributed by atoms with van der Waals surface area (Å²) < 4.78 is 13.3. The molecular weight excluding hydrogens is 303 g/mol. The minimum Gasteiger partial charge on any atom is -0.295 e. The maximum Gasteiger partial charge on any atom is 0.159 e. The minimum absolute atomic E-state index is 0.186. The summed E-state index contributed by atoms with van der Waals surface area (Å²) in [5.41, 5.74) is 5.32. The fourth-order valence-electron chi connectivity index (χ4n) is 4.23. The van der Waals surface area contributed by atoms with Crippen molar-refractivity contribution in [2.45, 2.75) is 51.5 Å². The van der Waals surface area contributed by atoms with Gasteiger partial charge in [-0.3, -0.25) is 4.79 Å². The summed E-state index contributed by atoms with van der Waals surface area (Å²) in [7, 11) is 0. The molecule has 1 aromatic rings. The van der Waals surface area contributed by atoms with Gasteiger partial charge in [0, 0.05) is 17.6 Å². The van der Waals surface area contributed by atoms with Gasteiger partial charge >= 0.3 is 0 Å². The first-order chi connectivity index (χ1) is 11.7. The van der Waals surface area contributed by atoms with Crippen LogP contribution in [0.2, 0.25) is 0 Å². The van der Waals surface area contributed by atoms with Crippen molar-refractivity contribution in [3.8, 4) is 0 Å². The molecule has 3 nitrogen and oxygen atoms in total. The first-order valence-electron chi connectivity index (χ1n) is 8.85. The summed E-state index contributed by atoms with van der Waals surface area (Å²) in [6.07, 6.45) is 5.34. The van der Waals surface area contributed by atoms with E-state index in [2.05, 4.69) is 17.2 Å². The van der Waals surface area contributed by atoms with Crippen molar-refractivity contribution in [3.05, 3.63) is 58.1 Å². The largest absolute Gasteiger partial charge is 0.295 e. The van der Waals surface area contributed by atoms with E-state index < -0.39 is 0 Å². The smallest absolute Gasteiger partial charge is 0.159 e. The molecule has 124 valence electrons. The lowest BCUT2D eigenvalue weighted by atomic mass is 9.75. The van der Waals surface area contributed by atoms with Crippen LogP contribution < -0.4 is 0 Å². The van der Waals surface area contributed by atoms with E-state index in [1.165, 1.54) is 17.7 Å². The Bertz CT molecular complexity index is 773. The topological polar surface area (TPSA) is 41.8 Å². The lowest BCUT2D eigenvalue weighted by molar-refractivity contribution is -0.116. The van der Waals surface area contributed by atoms with Crippen molar-refractivity contribution >= 4 is 5.78 Å². The van der Waals surface area contributed by atoms with E-state index in [9.17, 15) is 9.18 Å². The fourth-order valence-corrected chi connectivity index (χ4v) is 4.23. The minimum atomic E-state index is -0.248. The molecule has 4 rings (SSSR count). The molecule has 2 atom stereocenters. The number of azo groups is 1. The number of allylic oxidation sites excluding steroid dienone is 2. The second-order valence-corrected chi connectivity index (χ2v) is 6.86. The summed E-state index contributed by atoms with van der Waals surface area (Å²) in [6.45, 7) is 2.14. The zero-order chi connectivity index (χ0) is 16.7. The number of Topliss-reactive ketones (excluding diaryl/α,β-unsaturated/α-hetero) is 1. The molecule has 0 saturated heterocycles. The molecule has 0 fully saturated rings. The van der Waals surface area contributed by atoms with Crippen LogP contribution in [0.3, 0.4) is 0 Å². The van der Waals surface area contributed by atoms with Crippen LogP contribution in [0.5, 0.6) is 0 Å². The highest BCUT2D eigenvalue weighted by atomic mass is 19.1. The third-order valence-electron chi connectivity index (χ3n) is 5.44. The van der Waals surface area contributed by atoms with E-state index in [1.54, 1.807) is 12.1 Å². The lowest BCUT2D eigenvalue weighted by Crippen LogP contribution is -2.20. The summed E-state index contributed by atoms with van der Waals surface area (Å²) in [4.78, 5) is 12.7. The normalized spacial score (nSPS) is 26.5. The van der Waals surface area contributed by atoms with Gasteiger partial charge in [-0.1, -0.05) is 19.1 Å². The third-order valence-corrected chi connectivity index (χ3v) is 5.44. The van der Waals surface area contributed by atoms with Gasteiger partial charge in [0.2, 0.25) is 0 Å². The van der Waals surface area contributed by atoms with E-state index >= 15 is 0 Å². The monoisotopic (exact) mass is 324 g/mol. The molecule has 0 saturated carbocycles. The number of carbonyl (C=O) groups excluding carboxylic acids is 1. The SMILES string of the molecule is CCC1CC2=C(C3=C1C(=O)CCCC3)C(c1ccc(F)cc1)N=N2. The predicted octanol–water partition coefficient (Wildman–Crippen LogP) is 5.46. The Morgan fingerprint density at radius 1 is 1.12 bits per heavy atom. The number of rotatable bonds is 2. The fraction of sp³-hybridized carbons (Fsp3) is 0.450. The molecule has 1 aliphatic heterocycles. The second kappa shape index (κ2) is 6.08. The summed E-state index contributed by atoms with van der Waals surface area (Å²) in [6, 6.07) is 6.30. The maximum atomic E-state index is 13.3. The number of carbonyl (C=O) groups is 1. The first-order valence-corrected chi connectivity index (χ1v) is 8.85. The molecular formula is C20H21FN2O. The molecule has 0 radical (unpaired) electrons. The van der Waals surface area contributed by atoms with Crippen molar-refractivity contribution in [1.29, 1.82) is 0 Å². The molecule has 2 unspecified atom stereocenters. The van der Waals surface area contributed by atoms with E-state index in [0.29, 0.717) is 12.2 Å². The van der Waals surface area contributed by atoms with Gasteiger partial charge in [-0.05, 0) is 61.3 Å². The van der Waals surface area contributed by atoms with Crippen molar-refractivity contribution in [2.75, 3.05) is 0 Å². The van der Waals surface area contributed by atoms with Gasteiger partial charge in [0.1, 0.15) is 11.9 Å². The molecule has 0 bridgehead atoms. The Morgan fingerprint density at radius 3 is 2.62 bits per heavy atom. The number of ketones is 1. The molecule has 1 aromatic carbocycles. The zero-order valence-corrected chi connectivity index (χ0v) is 13.9. The van der Waals surface area contributed by atoms with Gasteiger partial charge in [-0.2, -0.15) is 10.2 Å². The van der Waals surface area contributed by atoms with Crippen LogP contribution in [-0.2, 0) is 4.79 Å². The number of benzene rings is 1. The Labute approximate surface area is 141 Å². The van der Waals surface area contributed by atoms with Gasteiger partial charge < -0.3 is 0 Å². The van der Waals surface area contributed by atoms with E-state index in [4.69, 9.17) is 0 Å². The quantitative estimate of drug-likeness (QED) is 0.712. The molecule has 1 heterocycles. The average molecular weight is 324 g/mol. The molecule has 0 aromatic heterocycles. The Balaban J connectivity index is 1.81. The van der Waals surface area contributed by atoms with Crippen molar-refractivity contribution in [3.63, 3.8) is 0 Å². The molecule has 4 heteroatoms. The molecule has 0 amide bonds. The van der Waals surface area contributed by atoms with E-state index in [-0.39, 0.29) is 17.8 Å². The van der Waals surface area contributed by atoms with Gasteiger partial charge in [-0.25, -0.2) is 4.39 Å². The zero-order valence-electron chi connectivity index (χ0n) is 13.9. The molecule has 24 heavy (non-hydrogen) atoms. The summed E-state index contributed by atoms with van der Waals surface area (Å²) >= 11 is 0. The van der Waals surface area contributed by atoms with E-state index in [1.807, 2.05) is 0 Å². The van der Waals surface area contributed by atoms with Crippen LogP contribution in [0, 0.1) is 11.7 Å². The average Bonchev–Trinajstić information content (AvgIpc) is 2.92. The van der Waals surface area contributed by atoms with Crippen LogP contribution in [-0.4, -0.2) is 5.78 Å². The summed E-state index contributed by atoms with van der Waals surface area (Å²) in [5.74, 6) is 0.336. The first kappa shape index (κ1) is 15.4. The van der Waals surface area contributed by atoms with Crippen LogP contribution >= 0.6 is 0 Å². The van der Waals surface area contributed by atoms with Gasteiger partial charge in [0.05, 0.1) is 5.70 Å². The van der Waals surface area contributed by atoms with Crippen LogP contribution in [0.25, 0.3) is 0 Å². The Hall–Kier alpha value is -2.10. The second-order valence-electron chi connectivity index (χ2n) is 6.86. The molecule has 2 aliphatic carbocycles. The van der Waals surface area contributed by atoms with Crippen molar-refractivity contribution < 1.29 is 9.18 Å². The standard InChI is InChI=1S/C20H21FN2O/c1-2-12-11-16-19(15-5-3-4-6-17(24)18(12)15)20(23-22-16)13-7-9-14(21)10-8-13/h7-10,12,20H,2-6,11H2,1H3. The lowest BCUT2D eigenvalue weighted by Gasteiger charge is -2.28. The van der Waals surface area contributed by atoms with Gasteiger partial charge in [-0.15, -0.1) is 0 Å². The number of halogens is 1.